The van der Waals surface area contributed by atoms with Gasteiger partial charge in [-0.25, -0.2) is 9.97 Å². The number of aromatic nitrogens is 2. The van der Waals surface area contributed by atoms with Crippen molar-refractivity contribution < 1.29 is 27.3 Å². The number of ether oxygens (including phenoxy) is 1. The molecule has 8 nitrogen and oxygen atoms in total. The van der Waals surface area contributed by atoms with E-state index in [1.165, 1.54) is 13.1 Å². The molecule has 1 aliphatic carbocycles. The molecule has 126 valence electrons. The Morgan fingerprint density at radius 1 is 1.52 bits per heavy atom. The van der Waals surface area contributed by atoms with Gasteiger partial charge in [-0.05, 0) is 19.4 Å². The van der Waals surface area contributed by atoms with E-state index in [0.717, 1.165) is 0 Å². The first kappa shape index (κ1) is 17.5. The van der Waals surface area contributed by atoms with Gasteiger partial charge in [0, 0.05) is 31.2 Å². The number of hydrogen-bond donors (Lipinski definition) is 1. The van der Waals surface area contributed by atoms with Crippen LogP contribution in [-0.4, -0.2) is 41.3 Å². The van der Waals surface area contributed by atoms with Crippen molar-refractivity contribution in [2.75, 3.05) is 6.61 Å². The van der Waals surface area contributed by atoms with Crippen LogP contribution in [-0.2, 0) is 24.4 Å². The summed E-state index contributed by atoms with van der Waals surface area (Å²) < 4.78 is 38.3. The minimum absolute atomic E-state index is 0.0798. The molecule has 23 heavy (non-hydrogen) atoms. The predicted molar refractivity (Wildman–Crippen MR) is 78.9 cm³/mol. The molecule has 0 aliphatic heterocycles. The van der Waals surface area contributed by atoms with Crippen LogP contribution < -0.4 is 0 Å². The van der Waals surface area contributed by atoms with E-state index in [9.17, 15) is 22.6 Å². The summed E-state index contributed by atoms with van der Waals surface area (Å²) in [6, 6.07) is 1.58. The number of nitrogens with zero attached hydrogens (tertiary/aromatic N) is 2. The molecule has 3 unspecified atom stereocenters. The molecule has 0 radical (unpaired) electrons. The Kier molecular flexibility index (Phi) is 5.10. The highest BCUT2D eigenvalue weighted by Crippen LogP contribution is 2.41. The first-order valence-corrected chi connectivity index (χ1v) is 8.62. The summed E-state index contributed by atoms with van der Waals surface area (Å²) >= 11 is 0. The lowest BCUT2D eigenvalue weighted by Gasteiger charge is -2.24. The van der Waals surface area contributed by atoms with Crippen LogP contribution in [0.5, 0.6) is 0 Å². The highest BCUT2D eigenvalue weighted by atomic mass is 32.2. The van der Waals surface area contributed by atoms with Gasteiger partial charge < -0.3 is 4.74 Å². The summed E-state index contributed by atoms with van der Waals surface area (Å²) in [5.41, 5.74) is 0.519. The smallest absolute Gasteiger partial charge is 0.302 e. The third kappa shape index (κ3) is 4.11. The normalized spacial score (nSPS) is 22.8. The lowest BCUT2D eigenvalue weighted by Crippen LogP contribution is -2.32. The van der Waals surface area contributed by atoms with Crippen molar-refractivity contribution in [2.24, 2.45) is 11.8 Å². The molecule has 0 bridgehead atoms. The van der Waals surface area contributed by atoms with E-state index < -0.39 is 33.2 Å². The lowest BCUT2D eigenvalue weighted by molar-refractivity contribution is -0.143. The van der Waals surface area contributed by atoms with E-state index in [1.807, 2.05) is 0 Å². The molecule has 1 aromatic rings. The van der Waals surface area contributed by atoms with Gasteiger partial charge in [0.05, 0.1) is 12.5 Å². The van der Waals surface area contributed by atoms with Crippen molar-refractivity contribution in [3.05, 3.63) is 23.8 Å². The fourth-order valence-electron chi connectivity index (χ4n) is 2.85. The summed E-state index contributed by atoms with van der Waals surface area (Å²) in [5.74, 6) is -2.48. The van der Waals surface area contributed by atoms with Crippen LogP contribution in [0.3, 0.4) is 0 Å². The van der Waals surface area contributed by atoms with E-state index in [2.05, 4.69) is 9.97 Å². The Hall–Kier alpha value is -1.87. The molecule has 0 aromatic carbocycles. The summed E-state index contributed by atoms with van der Waals surface area (Å²) in [6.07, 6.45) is 1.92. The van der Waals surface area contributed by atoms with Gasteiger partial charge in [-0.1, -0.05) is 0 Å². The molecule has 1 heterocycles. The number of carbonyl (C=O) groups excluding carboxylic acids is 2. The van der Waals surface area contributed by atoms with Crippen LogP contribution >= 0.6 is 0 Å². The molecule has 1 N–H and O–H groups in total. The van der Waals surface area contributed by atoms with Crippen LogP contribution in [0.1, 0.15) is 36.5 Å². The van der Waals surface area contributed by atoms with Crippen molar-refractivity contribution in [2.45, 2.75) is 31.9 Å². The van der Waals surface area contributed by atoms with Gasteiger partial charge >= 0.3 is 5.97 Å². The monoisotopic (exact) mass is 342 g/mol. The number of Topliss-reactive ketones (excluding diaryl/α,β-unsaturated/α-hetero) is 1. The van der Waals surface area contributed by atoms with Gasteiger partial charge in [0.2, 0.25) is 0 Å². The van der Waals surface area contributed by atoms with Crippen LogP contribution in [0.2, 0.25) is 0 Å². The lowest BCUT2D eigenvalue weighted by atomic mass is 9.92. The van der Waals surface area contributed by atoms with Crippen molar-refractivity contribution in [1.29, 1.82) is 0 Å². The van der Waals surface area contributed by atoms with E-state index >= 15 is 0 Å². The summed E-state index contributed by atoms with van der Waals surface area (Å²) in [7, 11) is -4.61. The molecule has 3 atom stereocenters. The van der Waals surface area contributed by atoms with E-state index in [4.69, 9.17) is 4.74 Å². The Morgan fingerprint density at radius 3 is 2.78 bits per heavy atom. The number of ketones is 1. The van der Waals surface area contributed by atoms with Gasteiger partial charge in [0.25, 0.3) is 10.1 Å². The second-order valence-electron chi connectivity index (χ2n) is 5.59. The maximum Gasteiger partial charge on any atom is 0.302 e. The second-order valence-corrected chi connectivity index (χ2v) is 7.12. The van der Waals surface area contributed by atoms with Crippen molar-refractivity contribution >= 4 is 21.9 Å². The van der Waals surface area contributed by atoms with Crippen molar-refractivity contribution in [1.82, 2.24) is 9.97 Å². The molecular weight excluding hydrogens is 324 g/mol. The number of esters is 1. The van der Waals surface area contributed by atoms with Gasteiger partial charge in [-0.3, -0.25) is 14.1 Å². The van der Waals surface area contributed by atoms with Gasteiger partial charge in [-0.2, -0.15) is 8.42 Å². The van der Waals surface area contributed by atoms with Crippen molar-refractivity contribution in [3.63, 3.8) is 0 Å². The second kappa shape index (κ2) is 6.71. The van der Waals surface area contributed by atoms with E-state index in [-0.39, 0.29) is 24.6 Å². The fraction of sp³-hybridized carbons (Fsp3) is 0.571. The zero-order chi connectivity index (χ0) is 17.2. The molecule has 1 saturated carbocycles. The number of rotatable bonds is 5. The molecule has 1 fully saturated rings. The van der Waals surface area contributed by atoms with E-state index in [0.29, 0.717) is 12.1 Å². The van der Waals surface area contributed by atoms with E-state index in [1.54, 1.807) is 13.0 Å². The topological polar surface area (TPSA) is 124 Å². The van der Waals surface area contributed by atoms with Crippen LogP contribution in [0, 0.1) is 18.8 Å². The summed E-state index contributed by atoms with van der Waals surface area (Å²) in [6.45, 7) is 2.80. The standard InChI is InChI=1S/C14H18N2O6S/c1-8-5-6-15-14(16-8)13(23(19,20)21)12-10(3-4-11(12)18)7-22-9(2)17/h5-6,10,12-13H,3-4,7H2,1-2H3,(H,19,20,21). The quantitative estimate of drug-likeness (QED) is 0.617. The summed E-state index contributed by atoms with van der Waals surface area (Å²) in [4.78, 5) is 31.1. The SMILES string of the molecule is CC(=O)OCC1CCC(=O)C1C(c1nccc(C)n1)S(=O)(=O)O. The summed E-state index contributed by atoms with van der Waals surface area (Å²) in [5, 5.41) is -1.56. The Balaban J connectivity index is 2.41. The maximum absolute atomic E-state index is 12.2. The average Bonchev–Trinajstić information content (AvgIpc) is 2.77. The highest BCUT2D eigenvalue weighted by Gasteiger charge is 2.48. The first-order chi connectivity index (χ1) is 10.7. The van der Waals surface area contributed by atoms with Gasteiger partial charge in [-0.15, -0.1) is 0 Å². The van der Waals surface area contributed by atoms with Crippen molar-refractivity contribution in [3.8, 4) is 0 Å². The van der Waals surface area contributed by atoms with Gasteiger partial charge in [0.1, 0.15) is 11.6 Å². The molecular formula is C14H18N2O6S. The third-order valence-electron chi connectivity index (χ3n) is 3.86. The van der Waals surface area contributed by atoms with Crippen LogP contribution in [0.25, 0.3) is 0 Å². The number of aryl methyl sites for hydroxylation is 1. The molecule has 0 saturated heterocycles. The molecule has 9 heteroatoms. The zero-order valence-electron chi connectivity index (χ0n) is 12.8. The average molecular weight is 342 g/mol. The van der Waals surface area contributed by atoms with Crippen LogP contribution in [0.4, 0.5) is 0 Å². The molecule has 2 rings (SSSR count). The van der Waals surface area contributed by atoms with Crippen LogP contribution in [0.15, 0.2) is 12.3 Å². The molecule has 1 aliphatic rings. The Morgan fingerprint density at radius 2 is 2.22 bits per heavy atom. The Bertz CT molecular complexity index is 718. The van der Waals surface area contributed by atoms with Gasteiger partial charge in [0.15, 0.2) is 5.25 Å². The molecule has 1 aromatic heterocycles. The zero-order valence-corrected chi connectivity index (χ0v) is 13.6. The Labute approximate surface area is 134 Å². The maximum atomic E-state index is 12.2. The first-order valence-electron chi connectivity index (χ1n) is 7.12. The number of hydrogen-bond acceptors (Lipinski definition) is 7. The largest absolute Gasteiger partial charge is 0.466 e. The highest BCUT2D eigenvalue weighted by molar-refractivity contribution is 7.86. The fourth-order valence-corrected chi connectivity index (χ4v) is 3.97. The predicted octanol–water partition coefficient (Wildman–Crippen LogP) is 0.872. The minimum Gasteiger partial charge on any atom is -0.466 e. The third-order valence-corrected chi connectivity index (χ3v) is 5.00. The number of carbonyl (C=O) groups is 2. The molecule has 0 spiro atoms. The molecule has 0 amide bonds. The minimum atomic E-state index is -4.61.